The van der Waals surface area contributed by atoms with Crippen molar-refractivity contribution in [3.8, 4) is 0 Å². The van der Waals surface area contributed by atoms with Crippen LogP contribution in [-0.2, 0) is 19.6 Å². The van der Waals surface area contributed by atoms with Crippen molar-refractivity contribution in [1.29, 1.82) is 0 Å². The largest absolute Gasteiger partial charge is 0.462 e. The summed E-state index contributed by atoms with van der Waals surface area (Å²) in [4.78, 5) is 25.4. The smallest absolute Gasteiger partial charge is 0.338 e. The molecule has 192 valence electrons. The van der Waals surface area contributed by atoms with Crippen molar-refractivity contribution in [2.75, 3.05) is 22.8 Å². The first-order chi connectivity index (χ1) is 17.8. The Morgan fingerprint density at radius 2 is 1.68 bits per heavy atom. The van der Waals surface area contributed by atoms with Crippen molar-refractivity contribution in [2.24, 2.45) is 0 Å². The first-order valence-electron chi connectivity index (χ1n) is 12.0. The number of benzene rings is 3. The Balaban J connectivity index is 1.76. The minimum Gasteiger partial charge on any atom is -0.462 e. The molecule has 37 heavy (non-hydrogen) atoms. The molecule has 7 nitrogen and oxygen atoms in total. The van der Waals surface area contributed by atoms with Crippen LogP contribution < -0.4 is 9.62 Å². The van der Waals surface area contributed by atoms with E-state index in [0.717, 1.165) is 12.8 Å². The van der Waals surface area contributed by atoms with Crippen LogP contribution in [0, 0.1) is 0 Å². The number of rotatable bonds is 8. The molecule has 0 unspecified atom stereocenters. The number of carbonyl (C=O) groups is 2. The van der Waals surface area contributed by atoms with Crippen LogP contribution in [0.15, 0.2) is 77.7 Å². The second-order valence-corrected chi connectivity index (χ2v) is 10.7. The van der Waals surface area contributed by atoms with E-state index in [1.807, 2.05) is 13.0 Å². The highest BCUT2D eigenvalue weighted by molar-refractivity contribution is 7.97. The molecule has 9 heteroatoms. The SMILES string of the molecule is CCCCOC(=O)c1ccc(NC(=O)C2=C(c3ccccc3)c3cc(Cl)ccc3N(CC)S2(=O)=O)cc1. The molecule has 1 aliphatic rings. The maximum atomic E-state index is 13.8. The van der Waals surface area contributed by atoms with Crippen LogP contribution in [0.1, 0.15) is 48.2 Å². The van der Waals surface area contributed by atoms with Crippen molar-refractivity contribution >= 4 is 50.4 Å². The van der Waals surface area contributed by atoms with Crippen LogP contribution in [0.2, 0.25) is 5.02 Å². The number of halogens is 1. The van der Waals surface area contributed by atoms with E-state index in [1.165, 1.54) is 28.6 Å². The highest BCUT2D eigenvalue weighted by Gasteiger charge is 2.40. The third-order valence-electron chi connectivity index (χ3n) is 5.94. The van der Waals surface area contributed by atoms with Crippen LogP contribution in [0.25, 0.3) is 5.57 Å². The molecule has 0 aromatic heterocycles. The Morgan fingerprint density at radius 3 is 2.32 bits per heavy atom. The third kappa shape index (κ3) is 5.40. The predicted molar refractivity (Wildman–Crippen MR) is 146 cm³/mol. The van der Waals surface area contributed by atoms with Gasteiger partial charge in [-0.05, 0) is 61.4 Å². The number of amides is 1. The van der Waals surface area contributed by atoms with Crippen molar-refractivity contribution < 1.29 is 22.7 Å². The molecule has 0 radical (unpaired) electrons. The topological polar surface area (TPSA) is 92.8 Å². The molecule has 0 fully saturated rings. The van der Waals surface area contributed by atoms with Crippen LogP contribution in [0.5, 0.6) is 0 Å². The monoisotopic (exact) mass is 538 g/mol. The number of fused-ring (bicyclic) bond motifs is 1. The summed E-state index contributed by atoms with van der Waals surface area (Å²) in [6, 6.07) is 19.9. The fourth-order valence-corrected chi connectivity index (χ4v) is 6.07. The molecule has 1 aliphatic heterocycles. The Bertz CT molecular complexity index is 1450. The standard InChI is InChI=1S/C28H27ClN2O5S/c1-3-5-17-36-28(33)20-11-14-22(15-12-20)30-27(32)26-25(19-9-7-6-8-10-19)23-18-21(29)13-16-24(23)31(4-2)37(26,34)35/h6-16,18H,3-5,17H2,1-2H3,(H,30,32). The van der Waals surface area contributed by atoms with Crippen molar-refractivity contribution in [3.05, 3.63) is 99.4 Å². The molecular weight excluding hydrogens is 512 g/mol. The van der Waals surface area contributed by atoms with E-state index >= 15 is 0 Å². The van der Waals surface area contributed by atoms with Gasteiger partial charge in [0.15, 0.2) is 4.91 Å². The minimum atomic E-state index is -4.21. The zero-order valence-corrected chi connectivity index (χ0v) is 22.1. The van der Waals surface area contributed by atoms with Gasteiger partial charge in [0.2, 0.25) is 0 Å². The lowest BCUT2D eigenvalue weighted by Gasteiger charge is -2.33. The fourth-order valence-electron chi connectivity index (χ4n) is 4.15. The van der Waals surface area contributed by atoms with E-state index in [4.69, 9.17) is 16.3 Å². The van der Waals surface area contributed by atoms with E-state index in [0.29, 0.717) is 39.7 Å². The lowest BCUT2D eigenvalue weighted by Crippen LogP contribution is -2.39. The number of sulfonamides is 1. The van der Waals surface area contributed by atoms with Crippen LogP contribution >= 0.6 is 11.6 Å². The lowest BCUT2D eigenvalue weighted by molar-refractivity contribution is -0.112. The second-order valence-electron chi connectivity index (χ2n) is 8.42. The number of esters is 1. The zero-order valence-electron chi connectivity index (χ0n) is 20.5. The minimum absolute atomic E-state index is 0.130. The van der Waals surface area contributed by atoms with Crippen molar-refractivity contribution in [1.82, 2.24) is 0 Å². The first kappa shape index (κ1) is 26.4. The molecular formula is C28H27ClN2O5S. The van der Waals surface area contributed by atoms with Gasteiger partial charge in [0.05, 0.1) is 17.9 Å². The Morgan fingerprint density at radius 1 is 0.973 bits per heavy atom. The quantitative estimate of drug-likeness (QED) is 0.286. The molecule has 0 saturated carbocycles. The average molecular weight is 539 g/mol. The number of hydrogen-bond donors (Lipinski definition) is 1. The van der Waals surface area contributed by atoms with Gasteiger partial charge in [-0.3, -0.25) is 9.10 Å². The Kier molecular flexibility index (Phi) is 8.00. The maximum absolute atomic E-state index is 13.8. The normalized spacial score (nSPS) is 14.2. The molecule has 0 bridgehead atoms. The Hall–Kier alpha value is -3.62. The summed E-state index contributed by atoms with van der Waals surface area (Å²) in [6.07, 6.45) is 1.68. The van der Waals surface area contributed by atoms with Crippen molar-refractivity contribution in [2.45, 2.75) is 26.7 Å². The Labute approximate surface area is 221 Å². The van der Waals surface area contributed by atoms with E-state index in [2.05, 4.69) is 5.32 Å². The van der Waals surface area contributed by atoms with Gasteiger partial charge < -0.3 is 10.1 Å². The molecule has 1 amide bonds. The van der Waals surface area contributed by atoms with Gasteiger partial charge >= 0.3 is 5.97 Å². The summed E-state index contributed by atoms with van der Waals surface area (Å²) in [5.74, 6) is -1.25. The summed E-state index contributed by atoms with van der Waals surface area (Å²) in [6.45, 7) is 4.17. The summed E-state index contributed by atoms with van der Waals surface area (Å²) in [7, 11) is -4.21. The predicted octanol–water partition coefficient (Wildman–Crippen LogP) is 5.86. The lowest BCUT2D eigenvalue weighted by atomic mass is 9.95. The summed E-state index contributed by atoms with van der Waals surface area (Å²) in [5.41, 5.74) is 2.52. The van der Waals surface area contributed by atoms with Gasteiger partial charge in [-0.25, -0.2) is 13.2 Å². The van der Waals surface area contributed by atoms with Crippen LogP contribution in [0.3, 0.4) is 0 Å². The first-order valence-corrected chi connectivity index (χ1v) is 13.8. The number of hydrogen-bond acceptors (Lipinski definition) is 5. The van der Waals surface area contributed by atoms with Gasteiger partial charge in [-0.15, -0.1) is 0 Å². The number of ether oxygens (including phenoxy) is 1. The molecule has 0 aliphatic carbocycles. The summed E-state index contributed by atoms with van der Waals surface area (Å²) >= 11 is 6.30. The third-order valence-corrected chi connectivity index (χ3v) is 8.11. The summed E-state index contributed by atoms with van der Waals surface area (Å²) < 4.78 is 34.0. The number of nitrogens with one attached hydrogen (secondary N) is 1. The van der Waals surface area contributed by atoms with Gasteiger partial charge in [0.1, 0.15) is 0 Å². The number of unbranched alkanes of at least 4 members (excludes halogenated alkanes) is 1. The highest BCUT2D eigenvalue weighted by Crippen LogP contribution is 2.44. The maximum Gasteiger partial charge on any atom is 0.338 e. The van der Waals surface area contributed by atoms with Crippen molar-refractivity contribution in [3.63, 3.8) is 0 Å². The average Bonchev–Trinajstić information content (AvgIpc) is 2.88. The molecule has 0 saturated heterocycles. The summed E-state index contributed by atoms with van der Waals surface area (Å²) in [5, 5.41) is 3.11. The van der Waals surface area contributed by atoms with Gasteiger partial charge in [0.25, 0.3) is 15.9 Å². The zero-order chi connectivity index (χ0) is 26.6. The van der Waals surface area contributed by atoms with E-state index in [9.17, 15) is 18.0 Å². The van der Waals surface area contributed by atoms with E-state index in [-0.39, 0.29) is 17.0 Å². The molecule has 4 rings (SSSR count). The van der Waals surface area contributed by atoms with Crippen LogP contribution in [-0.4, -0.2) is 33.4 Å². The van der Waals surface area contributed by atoms with Crippen LogP contribution in [0.4, 0.5) is 11.4 Å². The fraction of sp³-hybridized carbons (Fsp3) is 0.214. The van der Waals surface area contributed by atoms with E-state index in [1.54, 1.807) is 49.4 Å². The molecule has 0 spiro atoms. The second kappa shape index (κ2) is 11.2. The molecule has 3 aromatic carbocycles. The van der Waals surface area contributed by atoms with E-state index < -0.39 is 21.9 Å². The van der Waals surface area contributed by atoms with Gasteiger partial charge in [-0.1, -0.05) is 55.3 Å². The molecule has 1 heterocycles. The molecule has 0 atom stereocenters. The van der Waals surface area contributed by atoms with Gasteiger partial charge in [-0.2, -0.15) is 0 Å². The number of carbonyl (C=O) groups excluding carboxylic acids is 2. The molecule has 1 N–H and O–H groups in total. The number of anilines is 2. The molecule has 3 aromatic rings. The van der Waals surface area contributed by atoms with Gasteiger partial charge in [0, 0.05) is 28.4 Å². The highest BCUT2D eigenvalue weighted by atomic mass is 35.5. The number of nitrogens with zero attached hydrogens (tertiary/aromatic N) is 1.